The first-order valence-electron chi connectivity index (χ1n) is 14.0. The molecule has 38 heavy (non-hydrogen) atoms. The zero-order chi connectivity index (χ0) is 25.5. The zero-order valence-electron chi connectivity index (χ0n) is 21.7. The van der Waals surface area contributed by atoms with Gasteiger partial charge >= 0.3 is 0 Å². The van der Waals surface area contributed by atoms with Crippen molar-refractivity contribution in [3.63, 3.8) is 0 Å². The summed E-state index contributed by atoms with van der Waals surface area (Å²) in [6, 6.07) is 20.1. The molecule has 2 aromatic rings. The van der Waals surface area contributed by atoms with Crippen molar-refractivity contribution in [2.75, 3.05) is 39.6 Å². The monoisotopic (exact) mass is 524 g/mol. The minimum atomic E-state index is -0.891. The van der Waals surface area contributed by atoms with Gasteiger partial charge in [0.25, 0.3) is 11.6 Å². The highest BCUT2D eigenvalue weighted by Gasteiger charge is 2.66. The first kappa shape index (κ1) is 25.1. The van der Waals surface area contributed by atoms with Crippen LogP contribution in [0, 0.1) is 0 Å². The van der Waals surface area contributed by atoms with Crippen molar-refractivity contribution in [2.24, 2.45) is 0 Å². The molecule has 8 heteroatoms. The third-order valence-electron chi connectivity index (χ3n) is 8.40. The van der Waals surface area contributed by atoms with Crippen LogP contribution in [0.1, 0.15) is 49.7 Å². The highest BCUT2D eigenvalue weighted by Crippen LogP contribution is 2.53. The van der Waals surface area contributed by atoms with E-state index in [1.165, 1.54) is 0 Å². The van der Waals surface area contributed by atoms with E-state index in [2.05, 4.69) is 0 Å². The maximum atomic E-state index is 6.19. The van der Waals surface area contributed by atoms with Crippen LogP contribution in [0.2, 0.25) is 0 Å². The fourth-order valence-corrected chi connectivity index (χ4v) is 6.58. The second-order valence-electron chi connectivity index (χ2n) is 10.8. The quantitative estimate of drug-likeness (QED) is 0.574. The second kappa shape index (κ2) is 9.94. The van der Waals surface area contributed by atoms with Crippen LogP contribution in [0.4, 0.5) is 0 Å². The first-order valence-corrected chi connectivity index (χ1v) is 14.0. The highest BCUT2D eigenvalue weighted by atomic mass is 16.8. The van der Waals surface area contributed by atoms with Gasteiger partial charge in [0.15, 0.2) is 0 Å². The molecule has 6 aliphatic rings. The molecule has 0 amide bonds. The summed E-state index contributed by atoms with van der Waals surface area (Å²) >= 11 is 0. The molecule has 204 valence electrons. The summed E-state index contributed by atoms with van der Waals surface area (Å²) in [5, 5.41) is 0. The van der Waals surface area contributed by atoms with Crippen molar-refractivity contribution in [3.8, 4) is 0 Å². The van der Waals surface area contributed by atoms with Crippen molar-refractivity contribution in [3.05, 3.63) is 71.8 Å². The number of rotatable bonds is 2. The van der Waals surface area contributed by atoms with E-state index in [1.54, 1.807) is 0 Å². The van der Waals surface area contributed by atoms with Gasteiger partial charge in [-0.2, -0.15) is 0 Å². The minimum absolute atomic E-state index is 0.0105. The van der Waals surface area contributed by atoms with E-state index >= 15 is 0 Å². The number of benzene rings is 2. The molecule has 0 radical (unpaired) electrons. The number of fused-ring (bicyclic) bond motifs is 6. The lowest BCUT2D eigenvalue weighted by Crippen LogP contribution is -2.61. The van der Waals surface area contributed by atoms with Crippen LogP contribution in [-0.4, -0.2) is 63.4 Å². The van der Waals surface area contributed by atoms with Crippen LogP contribution in [0.5, 0.6) is 0 Å². The van der Waals surface area contributed by atoms with E-state index in [0.717, 1.165) is 49.7 Å². The van der Waals surface area contributed by atoms with Gasteiger partial charge in [-0.05, 0) is 25.7 Å². The molecule has 0 saturated carbocycles. The van der Waals surface area contributed by atoms with E-state index in [1.807, 2.05) is 60.7 Å². The van der Waals surface area contributed by atoms with Gasteiger partial charge in [0, 0.05) is 24.0 Å². The van der Waals surface area contributed by atoms with Crippen molar-refractivity contribution in [1.29, 1.82) is 0 Å². The third-order valence-corrected chi connectivity index (χ3v) is 8.40. The molecule has 6 fully saturated rings. The Kier molecular flexibility index (Phi) is 6.57. The van der Waals surface area contributed by atoms with Gasteiger partial charge in [-0.25, -0.2) is 0 Å². The summed E-state index contributed by atoms with van der Waals surface area (Å²) in [5.41, 5.74) is 1.97. The summed E-state index contributed by atoms with van der Waals surface area (Å²) in [4.78, 5) is 0. The predicted molar refractivity (Wildman–Crippen MR) is 135 cm³/mol. The Morgan fingerprint density at radius 3 is 1.29 bits per heavy atom. The molecule has 0 aromatic heterocycles. The molecule has 2 aromatic carbocycles. The summed E-state index contributed by atoms with van der Waals surface area (Å²) < 4.78 is 48.7. The van der Waals surface area contributed by atoms with E-state index in [-0.39, 0.29) is 12.2 Å². The van der Waals surface area contributed by atoms with Crippen LogP contribution in [0.3, 0.4) is 0 Å². The fourth-order valence-electron chi connectivity index (χ4n) is 6.58. The summed E-state index contributed by atoms with van der Waals surface area (Å²) in [6.45, 7) is 3.64. The standard InChI is InChI=1S/2C15H18O4/c2*1-2-6-12(7-3-1)15-14(8-4-5-9-16-14)17-10-13(19-15)11-18-15/h2*1-3,6-7,13H,4-5,8-11H2/t2*13-,14+,15+/m10/s1. The Bertz CT molecular complexity index is 996. The lowest BCUT2D eigenvalue weighted by atomic mass is 9.90. The van der Waals surface area contributed by atoms with Gasteiger partial charge < -0.3 is 37.9 Å². The summed E-state index contributed by atoms with van der Waals surface area (Å²) in [6.07, 6.45) is 5.94. The minimum Gasteiger partial charge on any atom is -0.345 e. The maximum Gasteiger partial charge on any atom is 0.251 e. The van der Waals surface area contributed by atoms with E-state index in [4.69, 9.17) is 37.9 Å². The molecule has 0 unspecified atom stereocenters. The van der Waals surface area contributed by atoms with E-state index in [9.17, 15) is 0 Å². The van der Waals surface area contributed by atoms with Crippen molar-refractivity contribution in [1.82, 2.24) is 0 Å². The second-order valence-corrected chi connectivity index (χ2v) is 10.8. The van der Waals surface area contributed by atoms with E-state index in [0.29, 0.717) is 39.6 Å². The molecule has 8 nitrogen and oxygen atoms in total. The Balaban J connectivity index is 0.000000127. The van der Waals surface area contributed by atoms with Crippen LogP contribution in [-0.2, 0) is 49.5 Å². The molecule has 0 aliphatic carbocycles. The molecule has 6 saturated heterocycles. The van der Waals surface area contributed by atoms with Gasteiger partial charge in [0.2, 0.25) is 11.6 Å². The maximum absolute atomic E-state index is 6.19. The lowest BCUT2D eigenvalue weighted by Gasteiger charge is -2.50. The summed E-state index contributed by atoms with van der Waals surface area (Å²) in [7, 11) is 0. The van der Waals surface area contributed by atoms with Gasteiger partial charge in [-0.1, -0.05) is 60.7 Å². The number of hydrogen-bond acceptors (Lipinski definition) is 8. The van der Waals surface area contributed by atoms with Gasteiger partial charge in [-0.3, -0.25) is 0 Å². The first-order chi connectivity index (χ1) is 18.7. The van der Waals surface area contributed by atoms with Crippen molar-refractivity contribution in [2.45, 2.75) is 73.9 Å². The average Bonchev–Trinajstić information content (AvgIpc) is 3.58. The molecule has 2 spiro atoms. The molecule has 8 rings (SSSR count). The molecular formula is C30H36O8. The molecule has 6 atom stereocenters. The molecule has 6 aliphatic heterocycles. The molecular weight excluding hydrogens is 488 g/mol. The number of ether oxygens (including phenoxy) is 8. The van der Waals surface area contributed by atoms with Gasteiger partial charge in [-0.15, -0.1) is 0 Å². The van der Waals surface area contributed by atoms with Crippen LogP contribution in [0.15, 0.2) is 60.7 Å². The van der Waals surface area contributed by atoms with Crippen LogP contribution >= 0.6 is 0 Å². The van der Waals surface area contributed by atoms with E-state index < -0.39 is 23.1 Å². The average molecular weight is 525 g/mol. The Morgan fingerprint density at radius 2 is 0.895 bits per heavy atom. The highest BCUT2D eigenvalue weighted by molar-refractivity contribution is 5.26. The Morgan fingerprint density at radius 1 is 0.474 bits per heavy atom. The molecule has 6 heterocycles. The van der Waals surface area contributed by atoms with Crippen LogP contribution in [0.25, 0.3) is 0 Å². The van der Waals surface area contributed by atoms with Crippen LogP contribution < -0.4 is 0 Å². The topological polar surface area (TPSA) is 73.8 Å². The normalized spacial score (nSPS) is 41.6. The third kappa shape index (κ3) is 3.89. The SMILES string of the molecule is c1ccc([C@@]23OC[C@@H](CO[C@@]24CCCCO4)O3)cc1.c1ccc([C@]23OC[C@H](CO[C@]24CCCCO4)O3)cc1. The predicted octanol–water partition coefficient (Wildman–Crippen LogP) is 4.36. The smallest absolute Gasteiger partial charge is 0.251 e. The Labute approximate surface area is 223 Å². The van der Waals surface area contributed by atoms with Crippen molar-refractivity contribution >= 4 is 0 Å². The number of hydrogen-bond donors (Lipinski definition) is 0. The van der Waals surface area contributed by atoms with Crippen molar-refractivity contribution < 1.29 is 37.9 Å². The fraction of sp³-hybridized carbons (Fsp3) is 0.600. The summed E-state index contributed by atoms with van der Waals surface area (Å²) in [5.74, 6) is -3.34. The molecule has 4 bridgehead atoms. The largest absolute Gasteiger partial charge is 0.345 e. The Hall–Kier alpha value is -1.88. The zero-order valence-corrected chi connectivity index (χ0v) is 21.7. The van der Waals surface area contributed by atoms with Gasteiger partial charge in [0.05, 0.1) is 39.6 Å². The molecule has 0 N–H and O–H groups in total. The van der Waals surface area contributed by atoms with Gasteiger partial charge in [0.1, 0.15) is 12.2 Å². The lowest BCUT2D eigenvalue weighted by molar-refractivity contribution is -0.427.